The van der Waals surface area contributed by atoms with Gasteiger partial charge >= 0.3 is 0 Å². The van der Waals surface area contributed by atoms with Crippen molar-refractivity contribution in [1.29, 1.82) is 0 Å². The predicted molar refractivity (Wildman–Crippen MR) is 156 cm³/mol. The molecule has 4 aromatic carbocycles. The molecule has 0 aliphatic rings. The molecule has 186 valence electrons. The third-order valence-electron chi connectivity index (χ3n) is 6.08. The lowest BCUT2D eigenvalue weighted by atomic mass is 9.98. The van der Waals surface area contributed by atoms with Crippen LogP contribution in [0.2, 0.25) is 0 Å². The van der Waals surface area contributed by atoms with Crippen LogP contribution in [-0.4, -0.2) is 27.4 Å². The Bertz CT molecular complexity index is 1250. The molecule has 3 nitrogen and oxygen atoms in total. The minimum atomic E-state index is -1.22. The minimum Gasteiger partial charge on any atom is -0.497 e. The topological polar surface area (TPSA) is 29.5 Å². The number of rotatable bonds is 8. The van der Waals surface area contributed by atoms with Crippen molar-refractivity contribution in [2.45, 2.75) is 31.6 Å². The molecular formula is C31H34NO2PS. The maximum atomic E-state index is 13.7. The second-order valence-electron chi connectivity index (χ2n) is 9.65. The highest BCUT2D eigenvalue weighted by molar-refractivity contribution is 7.84. The van der Waals surface area contributed by atoms with Crippen LogP contribution in [0.5, 0.6) is 5.75 Å². The van der Waals surface area contributed by atoms with Crippen molar-refractivity contribution < 1.29 is 8.95 Å². The summed E-state index contributed by atoms with van der Waals surface area (Å²) in [5.74, 6) is 0.807. The van der Waals surface area contributed by atoms with Crippen molar-refractivity contribution in [3.63, 3.8) is 0 Å². The van der Waals surface area contributed by atoms with Gasteiger partial charge in [-0.1, -0.05) is 97.1 Å². The summed E-state index contributed by atoms with van der Waals surface area (Å²) in [6.07, 6.45) is 0. The van der Waals surface area contributed by atoms with E-state index in [0.29, 0.717) is 0 Å². The molecule has 0 saturated carbocycles. The van der Waals surface area contributed by atoms with Crippen molar-refractivity contribution in [2.24, 2.45) is 0 Å². The standard InChI is InChI=1S/C31H34NO2PS/c1-31(2,3)36(33)32(4)30(24-20-22-25(34-5)23-21-24)28-18-12-13-19-29(28)35(26-14-8-6-9-15-26)27-16-10-7-11-17-27/h6-23,30H,1-5H3/t30-,36?/m1/s1. The maximum Gasteiger partial charge on any atom is 0.118 e. The average molecular weight is 516 g/mol. The quantitative estimate of drug-likeness (QED) is 0.272. The monoisotopic (exact) mass is 515 g/mol. The highest BCUT2D eigenvalue weighted by atomic mass is 32.2. The fourth-order valence-corrected chi connectivity index (χ4v) is 8.18. The van der Waals surface area contributed by atoms with Gasteiger partial charge in [-0.3, -0.25) is 0 Å². The van der Waals surface area contributed by atoms with Gasteiger partial charge in [0.2, 0.25) is 0 Å². The summed E-state index contributed by atoms with van der Waals surface area (Å²) in [7, 11) is 1.61. The lowest BCUT2D eigenvalue weighted by molar-refractivity contribution is 0.413. The van der Waals surface area contributed by atoms with Crippen LogP contribution in [0.25, 0.3) is 0 Å². The van der Waals surface area contributed by atoms with Crippen LogP contribution in [0.15, 0.2) is 109 Å². The Morgan fingerprint density at radius 1 is 0.750 bits per heavy atom. The molecule has 0 spiro atoms. The van der Waals surface area contributed by atoms with Crippen LogP contribution >= 0.6 is 7.92 Å². The second kappa shape index (κ2) is 11.5. The molecule has 4 aromatic rings. The van der Waals surface area contributed by atoms with E-state index in [-0.39, 0.29) is 6.04 Å². The Balaban J connectivity index is 1.94. The summed E-state index contributed by atoms with van der Waals surface area (Å²) in [4.78, 5) is 0. The molecule has 4 rings (SSSR count). The Morgan fingerprint density at radius 2 is 1.25 bits per heavy atom. The molecule has 2 atom stereocenters. The van der Waals surface area contributed by atoms with E-state index in [1.54, 1.807) is 7.11 Å². The van der Waals surface area contributed by atoms with E-state index in [9.17, 15) is 4.21 Å². The largest absolute Gasteiger partial charge is 0.497 e. The lowest BCUT2D eigenvalue weighted by Gasteiger charge is -2.35. The van der Waals surface area contributed by atoms with Crippen LogP contribution in [-0.2, 0) is 11.0 Å². The van der Waals surface area contributed by atoms with Crippen molar-refractivity contribution in [2.75, 3.05) is 14.2 Å². The van der Waals surface area contributed by atoms with Crippen molar-refractivity contribution >= 4 is 34.8 Å². The predicted octanol–water partition coefficient (Wildman–Crippen LogP) is 5.94. The molecule has 0 aliphatic carbocycles. The van der Waals surface area contributed by atoms with Gasteiger partial charge in [0.05, 0.1) is 17.9 Å². The third-order valence-corrected chi connectivity index (χ3v) is 10.4. The molecule has 0 fully saturated rings. The molecule has 0 aliphatic heterocycles. The van der Waals surface area contributed by atoms with Gasteiger partial charge in [0.25, 0.3) is 0 Å². The van der Waals surface area contributed by atoms with E-state index >= 15 is 0 Å². The number of ether oxygens (including phenoxy) is 1. The molecule has 0 saturated heterocycles. The van der Waals surface area contributed by atoms with Gasteiger partial charge in [0, 0.05) is 7.05 Å². The maximum absolute atomic E-state index is 13.7. The van der Waals surface area contributed by atoms with Gasteiger partial charge in [-0.25, -0.2) is 8.51 Å². The summed E-state index contributed by atoms with van der Waals surface area (Å²) in [5.41, 5.74) is 2.25. The van der Waals surface area contributed by atoms with Gasteiger partial charge in [-0.05, 0) is 67.9 Å². The summed E-state index contributed by atoms with van der Waals surface area (Å²) in [6, 6.07) is 38.0. The zero-order valence-electron chi connectivity index (χ0n) is 21.6. The number of nitrogens with zero attached hydrogens (tertiary/aromatic N) is 1. The van der Waals surface area contributed by atoms with Crippen molar-refractivity contribution in [3.8, 4) is 5.75 Å². The number of methoxy groups -OCH3 is 1. The highest BCUT2D eigenvalue weighted by Gasteiger charge is 2.33. The van der Waals surface area contributed by atoms with Crippen molar-refractivity contribution in [1.82, 2.24) is 4.31 Å². The molecule has 0 aromatic heterocycles. The first-order valence-corrected chi connectivity index (χ1v) is 14.5. The average Bonchev–Trinajstić information content (AvgIpc) is 2.90. The first kappa shape index (κ1) is 26.3. The van der Waals surface area contributed by atoms with Crippen molar-refractivity contribution in [3.05, 3.63) is 120 Å². The summed E-state index contributed by atoms with van der Waals surface area (Å²) >= 11 is 0. The van der Waals surface area contributed by atoms with Crippen LogP contribution in [0.4, 0.5) is 0 Å². The Hall–Kier alpha value is -2.78. The fraction of sp³-hybridized carbons (Fsp3) is 0.226. The van der Waals surface area contributed by atoms with E-state index in [2.05, 4.69) is 97.1 Å². The molecule has 36 heavy (non-hydrogen) atoms. The highest BCUT2D eigenvalue weighted by Crippen LogP contribution is 2.39. The van der Waals surface area contributed by atoms with Gasteiger partial charge in [-0.2, -0.15) is 0 Å². The van der Waals surface area contributed by atoms with Crippen LogP contribution in [0.1, 0.15) is 37.9 Å². The van der Waals surface area contributed by atoms with E-state index < -0.39 is 23.7 Å². The summed E-state index contributed by atoms with van der Waals surface area (Å²) < 4.78 is 20.8. The Labute approximate surface area is 219 Å². The molecule has 0 amide bonds. The van der Waals surface area contributed by atoms with E-state index in [0.717, 1.165) is 11.3 Å². The molecule has 0 radical (unpaired) electrons. The second-order valence-corrected chi connectivity index (χ2v) is 14.1. The van der Waals surface area contributed by atoms with E-state index in [1.165, 1.54) is 21.5 Å². The Kier molecular flexibility index (Phi) is 8.41. The minimum absolute atomic E-state index is 0.190. The number of hydrogen-bond donors (Lipinski definition) is 0. The molecule has 0 bridgehead atoms. The summed E-state index contributed by atoms with van der Waals surface area (Å²) in [5, 5.41) is 3.85. The zero-order valence-corrected chi connectivity index (χ0v) is 23.3. The molecule has 1 unspecified atom stereocenters. The molecule has 0 N–H and O–H groups in total. The number of hydrogen-bond acceptors (Lipinski definition) is 2. The SMILES string of the molecule is COc1ccc([C@H](c2ccccc2P(c2ccccc2)c2ccccc2)N(C)S(=O)C(C)(C)C)cc1. The van der Waals surface area contributed by atoms with Gasteiger partial charge in [-0.15, -0.1) is 0 Å². The summed E-state index contributed by atoms with van der Waals surface area (Å²) in [6.45, 7) is 6.08. The van der Waals surface area contributed by atoms with Crippen LogP contribution in [0, 0.1) is 0 Å². The fourth-order valence-electron chi connectivity index (χ4n) is 4.40. The first-order valence-electron chi connectivity index (χ1n) is 12.1. The lowest BCUT2D eigenvalue weighted by Crippen LogP contribution is -2.39. The zero-order chi connectivity index (χ0) is 25.7. The molecular weight excluding hydrogens is 481 g/mol. The third kappa shape index (κ3) is 5.78. The molecule has 0 heterocycles. The first-order chi connectivity index (χ1) is 17.3. The van der Waals surface area contributed by atoms with Gasteiger partial charge in [0.1, 0.15) is 16.7 Å². The van der Waals surface area contributed by atoms with Crippen LogP contribution in [0.3, 0.4) is 0 Å². The normalized spacial score (nSPS) is 13.5. The van der Waals surface area contributed by atoms with E-state index in [1.807, 2.05) is 44.3 Å². The Morgan fingerprint density at radius 3 is 1.75 bits per heavy atom. The van der Waals surface area contributed by atoms with Gasteiger partial charge in [0.15, 0.2) is 0 Å². The van der Waals surface area contributed by atoms with E-state index in [4.69, 9.17) is 4.74 Å². The smallest absolute Gasteiger partial charge is 0.118 e. The molecule has 5 heteroatoms. The number of benzene rings is 4. The van der Waals surface area contributed by atoms with Gasteiger partial charge < -0.3 is 4.74 Å². The van der Waals surface area contributed by atoms with Crippen LogP contribution < -0.4 is 20.7 Å².